The molecule has 2 saturated heterocycles. The number of nitrogens with one attached hydrogen (secondary N) is 1. The van der Waals surface area contributed by atoms with Gasteiger partial charge in [0.2, 0.25) is 5.89 Å². The molecule has 2 aliphatic rings. The van der Waals surface area contributed by atoms with Crippen molar-refractivity contribution in [2.24, 2.45) is 11.3 Å². The Labute approximate surface area is 221 Å². The molecule has 200 valence electrons. The zero-order valence-electron chi connectivity index (χ0n) is 21.8. The molecule has 2 N–H and O–H groups in total. The summed E-state index contributed by atoms with van der Waals surface area (Å²) < 4.78 is 35.4. The lowest BCUT2D eigenvalue weighted by atomic mass is 9.79. The Bertz CT molecular complexity index is 1330. The van der Waals surface area contributed by atoms with Crippen LogP contribution in [0.3, 0.4) is 0 Å². The molecule has 8 heteroatoms. The maximum atomic E-state index is 14.8. The van der Waals surface area contributed by atoms with Crippen LogP contribution in [0.4, 0.5) is 8.78 Å². The van der Waals surface area contributed by atoms with Gasteiger partial charge in [-0.3, -0.25) is 4.79 Å². The van der Waals surface area contributed by atoms with Gasteiger partial charge in [-0.1, -0.05) is 69.8 Å². The van der Waals surface area contributed by atoms with Crippen LogP contribution in [0, 0.1) is 17.2 Å². The van der Waals surface area contributed by atoms with Crippen LogP contribution in [-0.2, 0) is 11.2 Å². The first-order valence-electron chi connectivity index (χ1n) is 12.9. The number of hydrogen-bond acceptors (Lipinski definition) is 5. The number of fused-ring (bicyclic) bond motifs is 1. The summed E-state index contributed by atoms with van der Waals surface area (Å²) in [6.45, 7) is 10.00. The normalized spacial score (nSPS) is 24.4. The van der Waals surface area contributed by atoms with E-state index in [4.69, 9.17) is 9.40 Å². The average molecular weight is 522 g/mol. The molecule has 38 heavy (non-hydrogen) atoms. The number of amides is 1. The lowest BCUT2D eigenvalue weighted by Crippen LogP contribution is -2.60. The highest BCUT2D eigenvalue weighted by atomic mass is 19.1. The number of benzene rings is 2. The molecule has 1 unspecified atom stereocenters. The van der Waals surface area contributed by atoms with Gasteiger partial charge in [0.05, 0.1) is 6.04 Å². The van der Waals surface area contributed by atoms with Crippen molar-refractivity contribution < 1.29 is 23.1 Å². The quantitative estimate of drug-likeness (QED) is 0.481. The molecule has 2 aromatic carbocycles. The van der Waals surface area contributed by atoms with Gasteiger partial charge in [0, 0.05) is 37.0 Å². The Morgan fingerprint density at radius 1 is 1.26 bits per heavy atom. The Morgan fingerprint density at radius 3 is 2.68 bits per heavy atom. The highest BCUT2D eigenvalue weighted by molar-refractivity contribution is 5.83. The van der Waals surface area contributed by atoms with E-state index in [0.29, 0.717) is 29.0 Å². The number of piperidine rings is 1. The molecule has 2 aliphatic heterocycles. The maximum absolute atomic E-state index is 14.8. The first kappa shape index (κ1) is 26.3. The third-order valence-corrected chi connectivity index (χ3v) is 7.55. The fraction of sp³-hybridized carbons (Fsp3) is 0.400. The van der Waals surface area contributed by atoms with Crippen LogP contribution in [0.2, 0.25) is 0 Å². The van der Waals surface area contributed by atoms with Crippen LogP contribution in [-0.4, -0.2) is 52.3 Å². The molecule has 0 aliphatic carbocycles. The van der Waals surface area contributed by atoms with Crippen molar-refractivity contribution in [1.29, 1.82) is 0 Å². The van der Waals surface area contributed by atoms with Crippen molar-refractivity contribution in [1.82, 2.24) is 15.2 Å². The van der Waals surface area contributed by atoms with E-state index in [-0.39, 0.29) is 19.0 Å². The number of halogens is 2. The van der Waals surface area contributed by atoms with E-state index in [2.05, 4.69) is 11.9 Å². The fourth-order valence-electron chi connectivity index (χ4n) is 5.74. The Kier molecular flexibility index (Phi) is 6.96. The van der Waals surface area contributed by atoms with Crippen molar-refractivity contribution >= 4 is 12.0 Å². The van der Waals surface area contributed by atoms with Crippen molar-refractivity contribution in [2.45, 2.75) is 51.6 Å². The summed E-state index contributed by atoms with van der Waals surface area (Å²) in [4.78, 5) is 19.9. The smallest absolute Gasteiger partial charge is 0.253 e. The molecule has 0 spiro atoms. The largest absolute Gasteiger partial charge is 0.440 e. The minimum atomic E-state index is -1.36. The standard InChI is InChI=1S/C30H33F2N3O3/c1-5-18-11-12-19(31)14-20(18)28-34-25(23(38-28)13-17-9-7-6-8-10-17)27(30(2,3)4)35-16-21-22(32)15-33-24(21)26(36)29(35)37/h5-12,14,21-22,24,26-27,33,36H,1,13,15-16H2,2-4H3/t21-,22-,24?,26-,27-/m0/s1. The van der Waals surface area contributed by atoms with E-state index in [9.17, 15) is 18.7 Å². The highest BCUT2D eigenvalue weighted by Crippen LogP contribution is 2.44. The number of aliphatic hydroxyl groups is 1. The molecule has 5 rings (SSSR count). The summed E-state index contributed by atoms with van der Waals surface area (Å²) in [6.07, 6.45) is -0.544. The molecular formula is C30H33F2N3O3. The molecule has 0 bridgehead atoms. The molecular weight excluding hydrogens is 488 g/mol. The zero-order valence-corrected chi connectivity index (χ0v) is 21.8. The Balaban J connectivity index is 1.65. The number of carbonyl (C=O) groups excluding carboxylic acids is 1. The van der Waals surface area contributed by atoms with Gasteiger partial charge < -0.3 is 19.7 Å². The van der Waals surface area contributed by atoms with Gasteiger partial charge in [0.1, 0.15) is 29.5 Å². The number of oxazole rings is 1. The first-order chi connectivity index (χ1) is 18.1. The molecule has 2 fully saturated rings. The van der Waals surface area contributed by atoms with Crippen LogP contribution in [0.25, 0.3) is 17.5 Å². The molecule has 0 radical (unpaired) electrons. The van der Waals surface area contributed by atoms with Crippen LogP contribution in [0.5, 0.6) is 0 Å². The number of aliphatic hydroxyl groups excluding tert-OH is 1. The molecule has 3 heterocycles. The monoisotopic (exact) mass is 521 g/mol. The summed E-state index contributed by atoms with van der Waals surface area (Å²) >= 11 is 0. The second-order valence-electron chi connectivity index (χ2n) is 11.2. The summed E-state index contributed by atoms with van der Waals surface area (Å²) in [5.74, 6) is -0.711. The summed E-state index contributed by atoms with van der Waals surface area (Å²) in [6, 6.07) is 12.8. The van der Waals surface area contributed by atoms with Gasteiger partial charge in [0.15, 0.2) is 0 Å². The molecule has 1 aromatic heterocycles. The predicted molar refractivity (Wildman–Crippen MR) is 141 cm³/mol. The minimum absolute atomic E-state index is 0.102. The van der Waals surface area contributed by atoms with E-state index in [1.165, 1.54) is 12.1 Å². The maximum Gasteiger partial charge on any atom is 0.253 e. The minimum Gasteiger partial charge on any atom is -0.440 e. The van der Waals surface area contributed by atoms with Crippen LogP contribution >= 0.6 is 0 Å². The number of rotatable bonds is 6. The highest BCUT2D eigenvalue weighted by Gasteiger charge is 2.52. The van der Waals surface area contributed by atoms with Crippen molar-refractivity contribution in [3.05, 3.63) is 83.5 Å². The number of nitrogens with zero attached hydrogens (tertiary/aromatic N) is 2. The first-order valence-corrected chi connectivity index (χ1v) is 12.9. The van der Waals surface area contributed by atoms with E-state index >= 15 is 0 Å². The number of carbonyl (C=O) groups is 1. The fourth-order valence-corrected chi connectivity index (χ4v) is 5.74. The number of likely N-dealkylation sites (tertiary alicyclic amines) is 1. The third-order valence-electron chi connectivity index (χ3n) is 7.55. The topological polar surface area (TPSA) is 78.6 Å². The predicted octanol–water partition coefficient (Wildman–Crippen LogP) is 4.93. The summed E-state index contributed by atoms with van der Waals surface area (Å²) in [5, 5.41) is 13.8. The molecule has 5 atom stereocenters. The lowest BCUT2D eigenvalue weighted by molar-refractivity contribution is -0.155. The van der Waals surface area contributed by atoms with E-state index in [0.717, 1.165) is 5.56 Å². The second kappa shape index (κ2) is 10.1. The lowest BCUT2D eigenvalue weighted by Gasteiger charge is -2.46. The van der Waals surface area contributed by atoms with E-state index in [1.54, 1.807) is 17.0 Å². The van der Waals surface area contributed by atoms with E-state index in [1.807, 2.05) is 51.1 Å². The zero-order chi connectivity index (χ0) is 27.2. The van der Waals surface area contributed by atoms with Crippen molar-refractivity contribution in [2.75, 3.05) is 13.1 Å². The molecule has 3 aromatic rings. The third kappa shape index (κ3) is 4.78. The summed E-state index contributed by atoms with van der Waals surface area (Å²) in [5.41, 5.74) is 2.03. The van der Waals surface area contributed by atoms with E-state index < -0.39 is 47.4 Å². The number of alkyl halides is 1. The summed E-state index contributed by atoms with van der Waals surface area (Å²) in [7, 11) is 0. The van der Waals surface area contributed by atoms with Crippen LogP contribution in [0.1, 0.15) is 49.4 Å². The Hall–Kier alpha value is -3.36. The number of aromatic nitrogens is 1. The van der Waals surface area contributed by atoms with Crippen LogP contribution < -0.4 is 5.32 Å². The van der Waals surface area contributed by atoms with Crippen LogP contribution in [0.15, 0.2) is 59.5 Å². The average Bonchev–Trinajstić information content (AvgIpc) is 3.45. The van der Waals surface area contributed by atoms with Gasteiger partial charge in [-0.15, -0.1) is 0 Å². The second-order valence-corrected chi connectivity index (χ2v) is 11.2. The van der Waals surface area contributed by atoms with Gasteiger partial charge >= 0.3 is 0 Å². The van der Waals surface area contributed by atoms with Gasteiger partial charge in [0.25, 0.3) is 5.91 Å². The SMILES string of the molecule is C=Cc1ccc(F)cc1-c1nc([C@H](N2C[C@@H]3C(NC[C@@H]3F)[C@H](O)C2=O)C(C)(C)C)c(Cc2ccccc2)o1. The van der Waals surface area contributed by atoms with Gasteiger partial charge in [-0.2, -0.15) is 0 Å². The molecule has 6 nitrogen and oxygen atoms in total. The van der Waals surface area contributed by atoms with Gasteiger partial charge in [-0.25, -0.2) is 13.8 Å². The van der Waals surface area contributed by atoms with Crippen molar-refractivity contribution in [3.8, 4) is 11.5 Å². The number of hydrogen-bond donors (Lipinski definition) is 2. The molecule has 1 amide bonds. The van der Waals surface area contributed by atoms with Crippen molar-refractivity contribution in [3.63, 3.8) is 0 Å². The molecule has 0 saturated carbocycles. The Morgan fingerprint density at radius 2 is 2.00 bits per heavy atom. The van der Waals surface area contributed by atoms with Gasteiger partial charge in [-0.05, 0) is 28.7 Å².